The van der Waals surface area contributed by atoms with Gasteiger partial charge >= 0.3 is 0 Å². The van der Waals surface area contributed by atoms with Crippen molar-refractivity contribution in [3.05, 3.63) is 41.0 Å². The lowest BCUT2D eigenvalue weighted by Crippen LogP contribution is -2.24. The van der Waals surface area contributed by atoms with Gasteiger partial charge in [-0.3, -0.25) is 4.98 Å². The molecule has 0 aliphatic carbocycles. The van der Waals surface area contributed by atoms with Crippen LogP contribution in [0.3, 0.4) is 0 Å². The Balaban J connectivity index is 1.78. The summed E-state index contributed by atoms with van der Waals surface area (Å²) in [6.07, 6.45) is 2.74. The number of nitrogens with one attached hydrogen (secondary N) is 1. The molecule has 6 heteroatoms. The molecule has 0 radical (unpaired) electrons. The summed E-state index contributed by atoms with van der Waals surface area (Å²) in [5.74, 6) is 1.20. The number of hydrogen-bond donors (Lipinski definition) is 1. The highest BCUT2D eigenvalue weighted by molar-refractivity contribution is 7.13. The molecule has 1 N–H and O–H groups in total. The van der Waals surface area contributed by atoms with Gasteiger partial charge in [0.1, 0.15) is 0 Å². The van der Waals surface area contributed by atoms with E-state index in [0.717, 1.165) is 30.0 Å². The van der Waals surface area contributed by atoms with Crippen molar-refractivity contribution in [3.8, 4) is 22.2 Å². The average molecular weight is 284 g/mol. The summed E-state index contributed by atoms with van der Waals surface area (Å²) in [5.41, 5.74) is 5.44. The molecule has 0 amide bonds. The lowest BCUT2D eigenvalue weighted by molar-refractivity contribution is 0.431. The monoisotopic (exact) mass is 284 g/mol. The van der Waals surface area contributed by atoms with Gasteiger partial charge in [-0.25, -0.2) is 0 Å². The van der Waals surface area contributed by atoms with Crippen molar-refractivity contribution in [1.82, 2.24) is 20.4 Å². The molecule has 0 saturated heterocycles. The van der Waals surface area contributed by atoms with Crippen molar-refractivity contribution in [1.29, 1.82) is 0 Å². The van der Waals surface area contributed by atoms with Gasteiger partial charge in [-0.1, -0.05) is 17.3 Å². The first-order valence-corrected chi connectivity index (χ1v) is 7.34. The summed E-state index contributed by atoms with van der Waals surface area (Å²) >= 11 is 1.51. The minimum Gasteiger partial charge on any atom is -0.334 e. The Morgan fingerprint density at radius 3 is 3.20 bits per heavy atom. The minimum absolute atomic E-state index is 0.590. The summed E-state index contributed by atoms with van der Waals surface area (Å²) in [6, 6.07) is 6.23. The highest BCUT2D eigenvalue weighted by Gasteiger charge is 2.18. The van der Waals surface area contributed by atoms with Crippen LogP contribution in [0.4, 0.5) is 0 Å². The Labute approximate surface area is 119 Å². The maximum atomic E-state index is 5.44. The molecule has 0 bridgehead atoms. The average Bonchev–Trinajstić information content (AvgIpc) is 3.17. The van der Waals surface area contributed by atoms with E-state index in [0.29, 0.717) is 11.7 Å². The van der Waals surface area contributed by atoms with Gasteiger partial charge in [-0.2, -0.15) is 4.98 Å². The molecule has 2 aromatic heterocycles. The topological polar surface area (TPSA) is 63.8 Å². The van der Waals surface area contributed by atoms with Crippen LogP contribution in [0.2, 0.25) is 0 Å². The molecule has 5 nitrogen and oxygen atoms in total. The van der Waals surface area contributed by atoms with Crippen molar-refractivity contribution in [2.75, 3.05) is 6.54 Å². The first-order chi connectivity index (χ1) is 9.92. The highest BCUT2D eigenvalue weighted by Crippen LogP contribution is 2.29. The Bertz CT molecular complexity index is 735. The van der Waals surface area contributed by atoms with Crippen molar-refractivity contribution in [2.45, 2.75) is 13.0 Å². The second-order valence-corrected chi connectivity index (χ2v) is 5.55. The molecular weight excluding hydrogens is 272 g/mol. The van der Waals surface area contributed by atoms with Crippen LogP contribution in [0.5, 0.6) is 0 Å². The molecule has 3 heterocycles. The number of aromatic nitrogens is 3. The first-order valence-electron chi connectivity index (χ1n) is 6.46. The van der Waals surface area contributed by atoms with Crippen LogP contribution in [0.25, 0.3) is 22.2 Å². The second-order valence-electron chi connectivity index (χ2n) is 4.66. The van der Waals surface area contributed by atoms with Gasteiger partial charge in [0.25, 0.3) is 5.89 Å². The van der Waals surface area contributed by atoms with Gasteiger partial charge < -0.3 is 9.84 Å². The summed E-state index contributed by atoms with van der Waals surface area (Å²) in [6.45, 7) is 1.89. The number of benzene rings is 1. The van der Waals surface area contributed by atoms with Crippen LogP contribution in [-0.2, 0) is 13.0 Å². The third-order valence-electron chi connectivity index (χ3n) is 3.45. The standard InChI is InChI=1S/C14H12N4OS/c1-2-9-6-15-5-4-10(9)11(3-1)14-17-13(18-19-14)12-7-16-8-20-12/h1-3,7-8,15H,4-6H2. The van der Waals surface area contributed by atoms with Crippen LogP contribution in [0.1, 0.15) is 11.1 Å². The minimum atomic E-state index is 0.590. The zero-order chi connectivity index (χ0) is 13.4. The molecular formula is C14H12N4OS. The van der Waals surface area contributed by atoms with Gasteiger partial charge in [0.15, 0.2) is 0 Å². The van der Waals surface area contributed by atoms with Crippen molar-refractivity contribution < 1.29 is 4.52 Å². The molecule has 0 unspecified atom stereocenters. The predicted octanol–water partition coefficient (Wildman–Crippen LogP) is 2.51. The van der Waals surface area contributed by atoms with Crippen LogP contribution >= 0.6 is 11.3 Å². The predicted molar refractivity (Wildman–Crippen MR) is 76.3 cm³/mol. The molecule has 1 aliphatic heterocycles. The third-order valence-corrected chi connectivity index (χ3v) is 4.22. The van der Waals surface area contributed by atoms with Crippen LogP contribution < -0.4 is 5.32 Å². The molecule has 20 heavy (non-hydrogen) atoms. The van der Waals surface area contributed by atoms with Gasteiger partial charge in [0.05, 0.1) is 10.4 Å². The number of rotatable bonds is 2. The Hall–Kier alpha value is -2.05. The van der Waals surface area contributed by atoms with Crippen LogP contribution in [-0.4, -0.2) is 21.7 Å². The molecule has 3 aromatic rings. The summed E-state index contributed by atoms with van der Waals surface area (Å²) < 4.78 is 5.44. The largest absolute Gasteiger partial charge is 0.334 e. The van der Waals surface area contributed by atoms with E-state index < -0.39 is 0 Å². The molecule has 0 fully saturated rings. The summed E-state index contributed by atoms with van der Waals surface area (Å²) in [5, 5.41) is 7.43. The second kappa shape index (κ2) is 4.81. The van der Waals surface area contributed by atoms with Crippen molar-refractivity contribution in [2.24, 2.45) is 0 Å². The van der Waals surface area contributed by atoms with Crippen LogP contribution in [0.15, 0.2) is 34.4 Å². The number of fused-ring (bicyclic) bond motifs is 1. The van der Waals surface area contributed by atoms with E-state index in [1.165, 1.54) is 22.5 Å². The lowest BCUT2D eigenvalue weighted by atomic mass is 9.95. The first kappa shape index (κ1) is 11.7. The van der Waals surface area contributed by atoms with Gasteiger partial charge in [-0.15, -0.1) is 11.3 Å². The highest BCUT2D eigenvalue weighted by atomic mass is 32.1. The van der Waals surface area contributed by atoms with E-state index in [2.05, 4.69) is 26.5 Å². The van der Waals surface area contributed by atoms with E-state index in [1.54, 1.807) is 11.7 Å². The molecule has 0 spiro atoms. The number of hydrogen-bond acceptors (Lipinski definition) is 6. The normalized spacial score (nSPS) is 14.2. The van der Waals surface area contributed by atoms with E-state index in [4.69, 9.17) is 4.52 Å². The fourth-order valence-corrected chi connectivity index (χ4v) is 3.04. The van der Waals surface area contributed by atoms with Crippen molar-refractivity contribution >= 4 is 11.3 Å². The Kier molecular flexibility index (Phi) is 2.82. The molecule has 4 rings (SSSR count). The summed E-state index contributed by atoms with van der Waals surface area (Å²) in [7, 11) is 0. The fourth-order valence-electron chi connectivity index (χ4n) is 2.49. The Morgan fingerprint density at radius 1 is 1.30 bits per heavy atom. The molecule has 100 valence electrons. The number of thiazole rings is 1. The van der Waals surface area contributed by atoms with Crippen LogP contribution in [0, 0.1) is 0 Å². The fraction of sp³-hybridized carbons (Fsp3) is 0.214. The molecule has 1 aliphatic rings. The third kappa shape index (κ3) is 1.93. The van der Waals surface area contributed by atoms with Crippen molar-refractivity contribution in [3.63, 3.8) is 0 Å². The van der Waals surface area contributed by atoms with E-state index >= 15 is 0 Å². The van der Waals surface area contributed by atoms with Gasteiger partial charge in [0, 0.05) is 18.3 Å². The zero-order valence-corrected chi connectivity index (χ0v) is 11.5. The molecule has 1 aromatic carbocycles. The molecule has 0 saturated carbocycles. The zero-order valence-electron chi connectivity index (χ0n) is 10.7. The van der Waals surface area contributed by atoms with E-state index in [-0.39, 0.29) is 0 Å². The summed E-state index contributed by atoms with van der Waals surface area (Å²) in [4.78, 5) is 9.47. The van der Waals surface area contributed by atoms with Gasteiger partial charge in [-0.05, 0) is 30.2 Å². The Morgan fingerprint density at radius 2 is 2.30 bits per heavy atom. The maximum Gasteiger partial charge on any atom is 0.258 e. The molecule has 0 atom stereocenters. The quantitative estimate of drug-likeness (QED) is 0.783. The lowest BCUT2D eigenvalue weighted by Gasteiger charge is -2.18. The van der Waals surface area contributed by atoms with Gasteiger partial charge in [0.2, 0.25) is 5.82 Å². The number of nitrogens with zero attached hydrogens (tertiary/aromatic N) is 3. The SMILES string of the molecule is c1cc2c(c(-c3nc(-c4cncs4)no3)c1)CCNC2. The van der Waals surface area contributed by atoms with E-state index in [1.807, 2.05) is 12.1 Å². The van der Waals surface area contributed by atoms with E-state index in [9.17, 15) is 0 Å². The maximum absolute atomic E-state index is 5.44. The smallest absolute Gasteiger partial charge is 0.258 e.